The predicted molar refractivity (Wildman–Crippen MR) is 97.5 cm³/mol. The summed E-state index contributed by atoms with van der Waals surface area (Å²) in [5.41, 5.74) is 3.23. The molecule has 1 atom stereocenters. The number of nitrogens with one attached hydrogen (secondary N) is 1. The highest BCUT2D eigenvalue weighted by atomic mass is 16.5. The second kappa shape index (κ2) is 7.94. The van der Waals surface area contributed by atoms with Gasteiger partial charge in [-0.2, -0.15) is 4.98 Å². The molecule has 5 nitrogen and oxygen atoms in total. The van der Waals surface area contributed by atoms with Crippen molar-refractivity contribution in [3.8, 4) is 17.2 Å². The average molecular weight is 337 g/mol. The summed E-state index contributed by atoms with van der Waals surface area (Å²) in [4.78, 5) is 4.47. The molecule has 1 aromatic heterocycles. The lowest BCUT2D eigenvalue weighted by molar-refractivity contribution is 0.306. The largest absolute Gasteiger partial charge is 0.489 e. The van der Waals surface area contributed by atoms with Gasteiger partial charge in [-0.15, -0.1) is 0 Å². The minimum absolute atomic E-state index is 0.300. The topological polar surface area (TPSA) is 60.2 Å². The molecule has 3 aromatic rings. The first-order valence-corrected chi connectivity index (χ1v) is 8.42. The normalized spacial score (nSPS) is 12.1. The van der Waals surface area contributed by atoms with Crippen molar-refractivity contribution in [1.82, 2.24) is 15.5 Å². The van der Waals surface area contributed by atoms with E-state index < -0.39 is 0 Å². The number of likely N-dealkylation sites (N-methyl/N-ethyl adjacent to an activating group) is 1. The molecule has 0 aliphatic rings. The van der Waals surface area contributed by atoms with Crippen LogP contribution in [0.2, 0.25) is 0 Å². The van der Waals surface area contributed by atoms with E-state index in [0.29, 0.717) is 24.4 Å². The third-order valence-electron chi connectivity index (χ3n) is 4.02. The van der Waals surface area contributed by atoms with Crippen LogP contribution >= 0.6 is 0 Å². The third-order valence-corrected chi connectivity index (χ3v) is 4.02. The van der Waals surface area contributed by atoms with E-state index in [-0.39, 0.29) is 0 Å². The van der Waals surface area contributed by atoms with Gasteiger partial charge in [-0.05, 0) is 44.7 Å². The summed E-state index contributed by atoms with van der Waals surface area (Å²) in [5.74, 6) is 1.99. The Hall–Kier alpha value is -2.66. The van der Waals surface area contributed by atoms with Crippen LogP contribution in [0.5, 0.6) is 5.75 Å². The molecular weight excluding hydrogens is 314 g/mol. The van der Waals surface area contributed by atoms with Gasteiger partial charge in [0.2, 0.25) is 0 Å². The first kappa shape index (κ1) is 17.2. The molecule has 0 saturated carbocycles. The highest BCUT2D eigenvalue weighted by molar-refractivity contribution is 5.55. The standard InChI is InChI=1S/C20H23N3O2/c1-14-6-4-7-16(10-14)13-24-18-9-5-8-17(12-18)20-22-19(23-25-20)11-15(2)21-3/h4-10,12,15,21H,11,13H2,1-3H3. The molecule has 130 valence electrons. The zero-order valence-corrected chi connectivity index (χ0v) is 14.8. The van der Waals surface area contributed by atoms with Crippen molar-refractivity contribution in [3.05, 3.63) is 65.5 Å². The monoisotopic (exact) mass is 337 g/mol. The van der Waals surface area contributed by atoms with Crippen LogP contribution in [0.1, 0.15) is 23.9 Å². The maximum absolute atomic E-state index is 5.90. The van der Waals surface area contributed by atoms with Crippen molar-refractivity contribution < 1.29 is 9.26 Å². The Morgan fingerprint density at radius 2 is 2.00 bits per heavy atom. The number of hydrogen-bond donors (Lipinski definition) is 1. The molecule has 0 bridgehead atoms. The minimum Gasteiger partial charge on any atom is -0.489 e. The average Bonchev–Trinajstić information content (AvgIpc) is 3.09. The molecule has 0 amide bonds. The molecule has 1 N–H and O–H groups in total. The van der Waals surface area contributed by atoms with Crippen molar-refractivity contribution in [1.29, 1.82) is 0 Å². The van der Waals surface area contributed by atoms with Gasteiger partial charge in [-0.1, -0.05) is 41.1 Å². The fourth-order valence-electron chi connectivity index (χ4n) is 2.52. The first-order chi connectivity index (χ1) is 12.1. The molecule has 5 heteroatoms. The number of aryl methyl sites for hydroxylation is 1. The number of hydrogen-bond acceptors (Lipinski definition) is 5. The van der Waals surface area contributed by atoms with Crippen molar-refractivity contribution in [2.75, 3.05) is 7.05 Å². The Balaban J connectivity index is 1.69. The van der Waals surface area contributed by atoms with E-state index in [1.807, 2.05) is 37.4 Å². The van der Waals surface area contributed by atoms with E-state index in [1.54, 1.807) is 0 Å². The van der Waals surface area contributed by atoms with Gasteiger partial charge in [0.05, 0.1) is 0 Å². The number of nitrogens with zero attached hydrogens (tertiary/aromatic N) is 2. The number of rotatable bonds is 7. The fourth-order valence-corrected chi connectivity index (χ4v) is 2.52. The van der Waals surface area contributed by atoms with Crippen LogP contribution in [0, 0.1) is 6.92 Å². The highest BCUT2D eigenvalue weighted by Crippen LogP contribution is 2.23. The second-order valence-electron chi connectivity index (χ2n) is 6.22. The zero-order chi connectivity index (χ0) is 17.6. The van der Waals surface area contributed by atoms with Crippen molar-refractivity contribution in [2.24, 2.45) is 0 Å². The van der Waals surface area contributed by atoms with Crippen LogP contribution in [-0.4, -0.2) is 23.2 Å². The Bertz CT molecular complexity index is 829. The molecule has 2 aromatic carbocycles. The summed E-state index contributed by atoms with van der Waals surface area (Å²) in [7, 11) is 1.92. The van der Waals surface area contributed by atoms with E-state index in [1.165, 1.54) is 5.56 Å². The molecule has 25 heavy (non-hydrogen) atoms. The number of benzene rings is 2. The first-order valence-electron chi connectivity index (χ1n) is 8.42. The Kier molecular flexibility index (Phi) is 5.46. The third kappa shape index (κ3) is 4.67. The molecule has 0 fully saturated rings. The number of ether oxygens (including phenoxy) is 1. The van der Waals surface area contributed by atoms with Gasteiger partial charge in [-0.25, -0.2) is 0 Å². The van der Waals surface area contributed by atoms with Crippen LogP contribution in [-0.2, 0) is 13.0 Å². The van der Waals surface area contributed by atoms with Gasteiger partial charge in [0, 0.05) is 18.0 Å². The van der Waals surface area contributed by atoms with Crippen LogP contribution in [0.4, 0.5) is 0 Å². The van der Waals surface area contributed by atoms with Crippen LogP contribution < -0.4 is 10.1 Å². The molecule has 0 spiro atoms. The fraction of sp³-hybridized carbons (Fsp3) is 0.300. The highest BCUT2D eigenvalue weighted by Gasteiger charge is 2.11. The van der Waals surface area contributed by atoms with Gasteiger partial charge in [-0.3, -0.25) is 0 Å². The zero-order valence-electron chi connectivity index (χ0n) is 14.8. The SMILES string of the molecule is CNC(C)Cc1noc(-c2cccc(OCc3cccc(C)c3)c2)n1. The van der Waals surface area contributed by atoms with E-state index in [0.717, 1.165) is 23.3 Å². The Morgan fingerprint density at radius 3 is 2.80 bits per heavy atom. The molecule has 1 unspecified atom stereocenters. The molecule has 3 rings (SSSR count). The predicted octanol–water partition coefficient (Wildman–Crippen LogP) is 3.77. The van der Waals surface area contributed by atoms with Gasteiger partial charge in [0.15, 0.2) is 5.82 Å². The molecular formula is C20H23N3O2. The van der Waals surface area contributed by atoms with Crippen molar-refractivity contribution in [2.45, 2.75) is 32.9 Å². The second-order valence-corrected chi connectivity index (χ2v) is 6.22. The quantitative estimate of drug-likeness (QED) is 0.711. The van der Waals surface area contributed by atoms with E-state index >= 15 is 0 Å². The molecule has 0 saturated heterocycles. The van der Waals surface area contributed by atoms with Gasteiger partial charge < -0.3 is 14.6 Å². The Morgan fingerprint density at radius 1 is 1.16 bits per heavy atom. The molecule has 0 aliphatic heterocycles. The molecule has 1 heterocycles. The Labute approximate surface area is 148 Å². The lowest BCUT2D eigenvalue weighted by Crippen LogP contribution is -2.24. The van der Waals surface area contributed by atoms with E-state index in [2.05, 4.69) is 47.5 Å². The van der Waals surface area contributed by atoms with Gasteiger partial charge in [0.1, 0.15) is 12.4 Å². The maximum atomic E-state index is 5.90. The molecule has 0 radical (unpaired) electrons. The maximum Gasteiger partial charge on any atom is 0.258 e. The number of aromatic nitrogens is 2. The van der Waals surface area contributed by atoms with E-state index in [9.17, 15) is 0 Å². The summed E-state index contributed by atoms with van der Waals surface area (Å²) in [6, 6.07) is 16.3. The molecule has 0 aliphatic carbocycles. The van der Waals surface area contributed by atoms with Crippen LogP contribution in [0.15, 0.2) is 53.1 Å². The summed E-state index contributed by atoms with van der Waals surface area (Å²) >= 11 is 0. The van der Waals surface area contributed by atoms with Crippen LogP contribution in [0.25, 0.3) is 11.5 Å². The van der Waals surface area contributed by atoms with Gasteiger partial charge in [0.25, 0.3) is 5.89 Å². The smallest absolute Gasteiger partial charge is 0.258 e. The summed E-state index contributed by atoms with van der Waals surface area (Å²) in [5, 5.41) is 7.21. The summed E-state index contributed by atoms with van der Waals surface area (Å²) < 4.78 is 11.3. The summed E-state index contributed by atoms with van der Waals surface area (Å²) in [6.45, 7) is 4.68. The lowest BCUT2D eigenvalue weighted by atomic mass is 10.1. The van der Waals surface area contributed by atoms with Crippen molar-refractivity contribution >= 4 is 0 Å². The van der Waals surface area contributed by atoms with Gasteiger partial charge >= 0.3 is 0 Å². The summed E-state index contributed by atoms with van der Waals surface area (Å²) in [6.07, 6.45) is 0.726. The minimum atomic E-state index is 0.300. The van der Waals surface area contributed by atoms with Crippen molar-refractivity contribution in [3.63, 3.8) is 0 Å². The van der Waals surface area contributed by atoms with Crippen LogP contribution in [0.3, 0.4) is 0 Å². The lowest BCUT2D eigenvalue weighted by Gasteiger charge is -2.07. The van der Waals surface area contributed by atoms with E-state index in [4.69, 9.17) is 9.26 Å².